The fourth-order valence-electron chi connectivity index (χ4n) is 1.83. The summed E-state index contributed by atoms with van der Waals surface area (Å²) in [6.07, 6.45) is 0. The molecule has 0 aliphatic carbocycles. The molecule has 8 N–H and O–H groups in total. The third kappa shape index (κ3) is 3.92. The second-order valence-electron chi connectivity index (χ2n) is 4.74. The van der Waals surface area contributed by atoms with Crippen LogP contribution in [0.1, 0.15) is 0 Å². The monoisotopic (exact) mass is 385 g/mol. The molecule has 2 unspecified atom stereocenters. The molecule has 3 rings (SSSR count). The van der Waals surface area contributed by atoms with Gasteiger partial charge in [-0.05, 0) is 28.9 Å². The third-order valence-electron chi connectivity index (χ3n) is 2.90. The standard InChI is InChI=1S/C12H18N7O2P3/c13-18-22(14)17-24(15,16)19(20-11-7-3-1-4-8-11)23(18)21-12-9-5-2-6-10-12/h1-10H,13-16H2. The summed E-state index contributed by atoms with van der Waals surface area (Å²) in [7, 11) is -6.23. The molecule has 0 aromatic heterocycles. The van der Waals surface area contributed by atoms with E-state index in [2.05, 4.69) is 4.52 Å². The summed E-state index contributed by atoms with van der Waals surface area (Å²) in [4.78, 5) is 5.85. The molecule has 1 aliphatic rings. The largest absolute Gasteiger partial charge is 0.441 e. The number of hydrazine groups is 1. The topological polar surface area (TPSA) is 141 Å². The predicted octanol–water partition coefficient (Wildman–Crippen LogP) is 2.83. The lowest BCUT2D eigenvalue weighted by atomic mass is 10.3. The van der Waals surface area contributed by atoms with Gasteiger partial charge in [0.15, 0.2) is 8.37 Å². The minimum atomic E-state index is -2.98. The van der Waals surface area contributed by atoms with Gasteiger partial charge in [-0.15, -0.1) is 4.55 Å². The van der Waals surface area contributed by atoms with Gasteiger partial charge in [0, 0.05) is 0 Å². The molecular formula is C12H18N7O2P3. The van der Waals surface area contributed by atoms with Crippen LogP contribution in [-0.4, -0.2) is 9.15 Å². The average Bonchev–Trinajstić information content (AvgIpc) is 2.57. The van der Waals surface area contributed by atoms with Crippen molar-refractivity contribution in [2.75, 3.05) is 0 Å². The summed E-state index contributed by atoms with van der Waals surface area (Å²) in [5.74, 6) is 7.22. The van der Waals surface area contributed by atoms with Gasteiger partial charge in [-0.25, -0.2) is 0 Å². The molecule has 128 valence electrons. The number of rotatable bonds is 4. The zero-order valence-electron chi connectivity index (χ0n) is 12.6. The van der Waals surface area contributed by atoms with Crippen molar-refractivity contribution >= 4 is 24.3 Å². The van der Waals surface area contributed by atoms with Crippen molar-refractivity contribution < 1.29 is 9.36 Å². The Bertz CT molecular complexity index is 730. The highest BCUT2D eigenvalue weighted by Gasteiger charge is 2.45. The van der Waals surface area contributed by atoms with Gasteiger partial charge in [-0.1, -0.05) is 36.4 Å². The molecule has 2 aromatic carbocycles. The number of hydrogen-bond acceptors (Lipinski definition) is 9. The maximum absolute atomic E-state index is 6.18. The first-order chi connectivity index (χ1) is 11.5. The van der Waals surface area contributed by atoms with E-state index in [0.29, 0.717) is 11.5 Å². The van der Waals surface area contributed by atoms with Crippen LogP contribution in [0.25, 0.3) is 0 Å². The average molecular weight is 385 g/mol. The number of hydrogen-bond donors (Lipinski definition) is 4. The van der Waals surface area contributed by atoms with E-state index in [4.69, 9.17) is 31.7 Å². The summed E-state index contributed by atoms with van der Waals surface area (Å²) in [6.45, 7) is 0. The lowest BCUT2D eigenvalue weighted by molar-refractivity contribution is 0.120. The highest BCUT2D eigenvalue weighted by atomic mass is 31.3. The summed E-state index contributed by atoms with van der Waals surface area (Å²) in [5, 5.41) is 0. The van der Waals surface area contributed by atoms with Crippen molar-refractivity contribution in [2.24, 2.45) is 26.9 Å². The second-order valence-corrected chi connectivity index (χ2v) is 10.4. The molecule has 0 spiro atoms. The zero-order valence-corrected chi connectivity index (χ0v) is 15.3. The first-order valence-electron chi connectivity index (χ1n) is 6.83. The van der Waals surface area contributed by atoms with Gasteiger partial charge in [0.1, 0.15) is 11.5 Å². The Morgan fingerprint density at radius 2 is 1.46 bits per heavy atom. The van der Waals surface area contributed by atoms with Crippen LogP contribution < -0.4 is 31.7 Å². The van der Waals surface area contributed by atoms with Crippen molar-refractivity contribution in [3.63, 3.8) is 0 Å². The van der Waals surface area contributed by atoms with Gasteiger partial charge < -0.3 is 9.36 Å². The van der Waals surface area contributed by atoms with Gasteiger partial charge >= 0.3 is 8.45 Å². The SMILES string of the molecule is NN1P(N)N=P(N)(N)N(Oc2ccccc2)P1Oc1ccccc1. The molecule has 0 saturated heterocycles. The van der Waals surface area contributed by atoms with Crippen molar-refractivity contribution in [3.8, 4) is 11.5 Å². The lowest BCUT2D eigenvalue weighted by Gasteiger charge is -2.41. The van der Waals surface area contributed by atoms with Gasteiger partial charge in [0.25, 0.3) is 0 Å². The van der Waals surface area contributed by atoms with Crippen molar-refractivity contribution in [2.45, 2.75) is 0 Å². The van der Waals surface area contributed by atoms with E-state index >= 15 is 0 Å². The molecule has 9 nitrogen and oxygen atoms in total. The van der Waals surface area contributed by atoms with E-state index in [-0.39, 0.29) is 0 Å². The Morgan fingerprint density at radius 1 is 0.917 bits per heavy atom. The summed E-state index contributed by atoms with van der Waals surface area (Å²) < 4.78 is 12.8. The Morgan fingerprint density at radius 3 is 2.04 bits per heavy atom. The molecule has 0 radical (unpaired) electrons. The molecule has 0 saturated carbocycles. The van der Waals surface area contributed by atoms with E-state index in [9.17, 15) is 0 Å². The maximum Gasteiger partial charge on any atom is 0.312 e. The molecule has 0 fully saturated rings. The number of nitrogens with zero attached hydrogens (tertiary/aromatic N) is 3. The number of nitrogens with two attached hydrogens (primary N) is 4. The van der Waals surface area contributed by atoms with E-state index in [1.54, 1.807) is 24.3 Å². The van der Waals surface area contributed by atoms with Crippen LogP contribution in [0.5, 0.6) is 11.5 Å². The fourth-order valence-corrected chi connectivity index (χ4v) is 7.75. The summed E-state index contributed by atoms with van der Waals surface area (Å²) in [5.41, 5.74) is 18.3. The Kier molecular flexibility index (Phi) is 5.47. The molecule has 0 amide bonds. The molecule has 2 aromatic rings. The molecule has 24 heavy (non-hydrogen) atoms. The maximum atomic E-state index is 6.18. The molecule has 0 bridgehead atoms. The Hall–Kier alpha value is -1.11. The minimum absolute atomic E-state index is 0.550. The summed E-state index contributed by atoms with van der Waals surface area (Å²) >= 11 is 0. The van der Waals surface area contributed by atoms with Crippen LogP contribution in [0.2, 0.25) is 0 Å². The highest BCUT2D eigenvalue weighted by Crippen LogP contribution is 2.68. The molecular weight excluding hydrogens is 367 g/mol. The number of para-hydroxylation sites is 2. The lowest BCUT2D eigenvalue weighted by Crippen LogP contribution is -2.40. The molecule has 1 aliphatic heterocycles. The van der Waals surface area contributed by atoms with Gasteiger partial charge in [-0.3, -0.25) is 22.4 Å². The highest BCUT2D eigenvalue weighted by molar-refractivity contribution is 7.80. The van der Waals surface area contributed by atoms with Crippen LogP contribution in [0, 0.1) is 0 Å². The third-order valence-corrected chi connectivity index (χ3v) is 9.26. The van der Waals surface area contributed by atoms with E-state index in [0.717, 1.165) is 0 Å². The van der Waals surface area contributed by atoms with Crippen molar-refractivity contribution in [1.82, 2.24) is 9.15 Å². The quantitative estimate of drug-likeness (QED) is 0.465. The smallest absolute Gasteiger partial charge is 0.312 e. The first kappa shape index (κ1) is 17.7. The van der Waals surface area contributed by atoms with Crippen LogP contribution in [0.3, 0.4) is 0 Å². The molecule has 12 heteroatoms. The van der Waals surface area contributed by atoms with Gasteiger partial charge in [0.05, 0.1) is 0 Å². The van der Waals surface area contributed by atoms with E-state index in [1.165, 1.54) is 9.15 Å². The second kappa shape index (κ2) is 7.42. The Labute approximate surface area is 142 Å². The van der Waals surface area contributed by atoms with Crippen LogP contribution >= 0.6 is 24.3 Å². The first-order valence-corrected chi connectivity index (χ1v) is 11.1. The number of benzene rings is 2. The summed E-state index contributed by atoms with van der Waals surface area (Å²) in [6, 6.07) is 18.3. The van der Waals surface area contributed by atoms with E-state index < -0.39 is 24.3 Å². The van der Waals surface area contributed by atoms with Crippen molar-refractivity contribution in [1.29, 1.82) is 0 Å². The van der Waals surface area contributed by atoms with Crippen molar-refractivity contribution in [3.05, 3.63) is 60.7 Å². The van der Waals surface area contributed by atoms with Gasteiger partial charge in [0.2, 0.25) is 7.51 Å². The normalized spacial score (nSPS) is 24.2. The zero-order chi connectivity index (χ0) is 17.2. The van der Waals surface area contributed by atoms with Crippen LogP contribution in [0.4, 0.5) is 0 Å². The van der Waals surface area contributed by atoms with Crippen LogP contribution in [0.15, 0.2) is 65.2 Å². The Balaban J connectivity index is 1.93. The minimum Gasteiger partial charge on any atom is -0.441 e. The van der Waals surface area contributed by atoms with E-state index in [1.807, 2.05) is 36.4 Å². The van der Waals surface area contributed by atoms with Crippen LogP contribution in [-0.2, 0) is 0 Å². The predicted molar refractivity (Wildman–Crippen MR) is 97.8 cm³/mol. The fraction of sp³-hybridized carbons (Fsp3) is 0. The van der Waals surface area contributed by atoms with Gasteiger partial charge in [-0.2, -0.15) is 4.52 Å². The molecule has 1 heterocycles. The molecule has 2 atom stereocenters.